The zero-order valence-corrected chi connectivity index (χ0v) is 12.8. The summed E-state index contributed by atoms with van der Waals surface area (Å²) in [4.78, 5) is 13.9. The zero-order valence-electron chi connectivity index (χ0n) is 12.0. The van der Waals surface area contributed by atoms with E-state index in [0.717, 1.165) is 12.7 Å². The summed E-state index contributed by atoms with van der Waals surface area (Å²) in [6.45, 7) is 1.59. The Bertz CT molecular complexity index is 598. The van der Waals surface area contributed by atoms with Gasteiger partial charge in [-0.15, -0.1) is 0 Å². The molecular weight excluding hydrogens is 292 g/mol. The van der Waals surface area contributed by atoms with Crippen molar-refractivity contribution in [3.05, 3.63) is 24.3 Å². The standard InChI is InChI=1S/C14H20N2O4S/c1-21(18,19)13-4-2-12(3-5-13)20-9-7-14(17)16-8-6-11(15)10-16/h2-5,11H,6-10,15H2,1H3/t11-/m0/s1. The van der Waals surface area contributed by atoms with E-state index >= 15 is 0 Å². The molecule has 0 saturated carbocycles. The van der Waals surface area contributed by atoms with E-state index in [-0.39, 0.29) is 23.5 Å². The molecule has 1 aliphatic heterocycles. The molecule has 0 aliphatic carbocycles. The Hall–Kier alpha value is -1.60. The molecule has 0 bridgehead atoms. The molecule has 0 aromatic heterocycles. The molecule has 116 valence electrons. The van der Waals surface area contributed by atoms with Crippen LogP contribution in [0, 0.1) is 0 Å². The maximum Gasteiger partial charge on any atom is 0.226 e. The number of likely N-dealkylation sites (tertiary alicyclic amines) is 1. The van der Waals surface area contributed by atoms with Crippen LogP contribution >= 0.6 is 0 Å². The molecule has 0 unspecified atom stereocenters. The lowest BCUT2D eigenvalue weighted by molar-refractivity contribution is -0.130. The third kappa shape index (κ3) is 4.44. The van der Waals surface area contributed by atoms with Gasteiger partial charge in [-0.3, -0.25) is 4.79 Å². The van der Waals surface area contributed by atoms with E-state index in [1.807, 2.05) is 0 Å². The Morgan fingerprint density at radius 3 is 2.57 bits per heavy atom. The van der Waals surface area contributed by atoms with Crippen molar-refractivity contribution in [1.82, 2.24) is 4.90 Å². The van der Waals surface area contributed by atoms with E-state index in [1.54, 1.807) is 17.0 Å². The average molecular weight is 312 g/mol. The van der Waals surface area contributed by atoms with Crippen LogP contribution in [0.2, 0.25) is 0 Å². The van der Waals surface area contributed by atoms with Gasteiger partial charge in [-0.05, 0) is 30.7 Å². The van der Waals surface area contributed by atoms with Crippen LogP contribution in [0.1, 0.15) is 12.8 Å². The van der Waals surface area contributed by atoms with Crippen LogP contribution in [-0.2, 0) is 14.6 Å². The minimum atomic E-state index is -3.20. The molecule has 1 amide bonds. The molecule has 1 aromatic rings. The number of nitrogens with two attached hydrogens (primary N) is 1. The van der Waals surface area contributed by atoms with Crippen LogP contribution in [0.3, 0.4) is 0 Å². The summed E-state index contributed by atoms with van der Waals surface area (Å²) >= 11 is 0. The molecule has 1 atom stereocenters. The predicted octanol–water partition coefficient (Wildman–Crippen LogP) is 0.419. The van der Waals surface area contributed by atoms with Gasteiger partial charge in [-0.25, -0.2) is 8.42 Å². The van der Waals surface area contributed by atoms with Crippen LogP contribution < -0.4 is 10.5 Å². The summed E-state index contributed by atoms with van der Waals surface area (Å²) in [5.74, 6) is 0.587. The van der Waals surface area contributed by atoms with Crippen molar-refractivity contribution < 1.29 is 17.9 Å². The van der Waals surface area contributed by atoms with Crippen molar-refractivity contribution in [2.45, 2.75) is 23.8 Å². The lowest BCUT2D eigenvalue weighted by Crippen LogP contribution is -2.32. The highest BCUT2D eigenvalue weighted by Gasteiger charge is 2.23. The summed E-state index contributed by atoms with van der Waals surface area (Å²) in [6.07, 6.45) is 2.29. The fourth-order valence-electron chi connectivity index (χ4n) is 2.21. The van der Waals surface area contributed by atoms with Gasteiger partial charge in [0.1, 0.15) is 5.75 Å². The second-order valence-electron chi connectivity index (χ2n) is 5.23. The summed E-state index contributed by atoms with van der Waals surface area (Å²) in [5.41, 5.74) is 5.76. The molecule has 0 spiro atoms. The lowest BCUT2D eigenvalue weighted by atomic mass is 10.3. The van der Waals surface area contributed by atoms with Gasteiger partial charge in [0.2, 0.25) is 5.91 Å². The Labute approximate surface area is 124 Å². The summed E-state index contributed by atoms with van der Waals surface area (Å²) in [6, 6.07) is 6.25. The highest BCUT2D eigenvalue weighted by Crippen LogP contribution is 2.16. The van der Waals surface area contributed by atoms with Gasteiger partial charge in [0.05, 0.1) is 17.9 Å². The van der Waals surface area contributed by atoms with E-state index in [2.05, 4.69) is 0 Å². The maximum absolute atomic E-state index is 11.9. The SMILES string of the molecule is CS(=O)(=O)c1ccc(OCCC(=O)N2CC[C@H](N)C2)cc1. The van der Waals surface area contributed by atoms with Gasteiger partial charge in [0.15, 0.2) is 9.84 Å². The first-order valence-electron chi connectivity index (χ1n) is 6.82. The summed E-state index contributed by atoms with van der Waals surface area (Å²) < 4.78 is 28.1. The summed E-state index contributed by atoms with van der Waals surface area (Å²) in [5, 5.41) is 0. The lowest BCUT2D eigenvalue weighted by Gasteiger charge is -2.15. The molecule has 1 aromatic carbocycles. The van der Waals surface area contributed by atoms with Crippen molar-refractivity contribution >= 4 is 15.7 Å². The normalized spacial score (nSPS) is 18.8. The van der Waals surface area contributed by atoms with Crippen molar-refractivity contribution in [3.63, 3.8) is 0 Å². The Morgan fingerprint density at radius 1 is 1.38 bits per heavy atom. The molecule has 2 rings (SSSR count). The van der Waals surface area contributed by atoms with E-state index in [1.165, 1.54) is 12.1 Å². The predicted molar refractivity (Wildman–Crippen MR) is 78.8 cm³/mol. The van der Waals surface area contributed by atoms with Crippen LogP contribution in [0.25, 0.3) is 0 Å². The van der Waals surface area contributed by atoms with Crippen molar-refractivity contribution in [2.75, 3.05) is 26.0 Å². The Morgan fingerprint density at radius 2 is 2.05 bits per heavy atom. The highest BCUT2D eigenvalue weighted by molar-refractivity contribution is 7.90. The third-order valence-corrected chi connectivity index (χ3v) is 4.54. The van der Waals surface area contributed by atoms with E-state index in [0.29, 0.717) is 25.3 Å². The molecule has 0 radical (unpaired) electrons. The first kappa shape index (κ1) is 15.8. The molecule has 1 aliphatic rings. The number of rotatable bonds is 5. The van der Waals surface area contributed by atoms with Crippen LogP contribution in [0.5, 0.6) is 5.75 Å². The topological polar surface area (TPSA) is 89.7 Å². The molecule has 1 saturated heterocycles. The number of hydrogen-bond donors (Lipinski definition) is 1. The quantitative estimate of drug-likeness (QED) is 0.851. The van der Waals surface area contributed by atoms with Gasteiger partial charge < -0.3 is 15.4 Å². The second kappa shape index (κ2) is 6.44. The van der Waals surface area contributed by atoms with E-state index in [4.69, 9.17) is 10.5 Å². The molecule has 6 nitrogen and oxygen atoms in total. The number of nitrogens with zero attached hydrogens (tertiary/aromatic N) is 1. The van der Waals surface area contributed by atoms with Gasteiger partial charge in [-0.1, -0.05) is 0 Å². The van der Waals surface area contributed by atoms with E-state index in [9.17, 15) is 13.2 Å². The van der Waals surface area contributed by atoms with Crippen molar-refractivity contribution in [1.29, 1.82) is 0 Å². The monoisotopic (exact) mass is 312 g/mol. The van der Waals surface area contributed by atoms with Crippen LogP contribution in [-0.4, -0.2) is 51.2 Å². The number of benzene rings is 1. The summed E-state index contributed by atoms with van der Waals surface area (Å²) in [7, 11) is -3.20. The molecule has 2 N–H and O–H groups in total. The number of carbonyl (C=O) groups excluding carboxylic acids is 1. The molecule has 1 heterocycles. The molecule has 1 fully saturated rings. The first-order valence-corrected chi connectivity index (χ1v) is 8.71. The zero-order chi connectivity index (χ0) is 15.5. The second-order valence-corrected chi connectivity index (χ2v) is 7.25. The highest BCUT2D eigenvalue weighted by atomic mass is 32.2. The number of hydrogen-bond acceptors (Lipinski definition) is 5. The van der Waals surface area contributed by atoms with Gasteiger partial charge in [0.25, 0.3) is 0 Å². The number of amides is 1. The van der Waals surface area contributed by atoms with Crippen LogP contribution in [0.4, 0.5) is 0 Å². The third-order valence-electron chi connectivity index (χ3n) is 3.41. The minimum absolute atomic E-state index is 0.0377. The van der Waals surface area contributed by atoms with Gasteiger partial charge >= 0.3 is 0 Å². The van der Waals surface area contributed by atoms with Gasteiger partial charge in [0, 0.05) is 25.4 Å². The molecular formula is C14H20N2O4S. The van der Waals surface area contributed by atoms with Crippen molar-refractivity contribution in [2.24, 2.45) is 5.73 Å². The maximum atomic E-state index is 11.9. The van der Waals surface area contributed by atoms with E-state index < -0.39 is 9.84 Å². The minimum Gasteiger partial charge on any atom is -0.493 e. The molecule has 7 heteroatoms. The fourth-order valence-corrected chi connectivity index (χ4v) is 2.84. The smallest absolute Gasteiger partial charge is 0.226 e. The average Bonchev–Trinajstić information content (AvgIpc) is 2.85. The number of ether oxygens (including phenoxy) is 1. The Kier molecular flexibility index (Phi) is 4.84. The number of carbonyl (C=O) groups is 1. The van der Waals surface area contributed by atoms with Crippen molar-refractivity contribution in [3.8, 4) is 5.75 Å². The largest absolute Gasteiger partial charge is 0.493 e. The fraction of sp³-hybridized carbons (Fsp3) is 0.500. The first-order chi connectivity index (χ1) is 9.86. The Balaban J connectivity index is 1.80. The van der Waals surface area contributed by atoms with Gasteiger partial charge in [-0.2, -0.15) is 0 Å². The van der Waals surface area contributed by atoms with Crippen LogP contribution in [0.15, 0.2) is 29.2 Å². The number of sulfone groups is 1. The molecule has 21 heavy (non-hydrogen) atoms.